The van der Waals surface area contributed by atoms with E-state index in [2.05, 4.69) is 15.3 Å². The summed E-state index contributed by atoms with van der Waals surface area (Å²) in [6, 6.07) is 5.05. The third-order valence-corrected chi connectivity index (χ3v) is 4.96. The van der Waals surface area contributed by atoms with Gasteiger partial charge in [-0.15, -0.1) is 0 Å². The Balaban J connectivity index is 1.38. The van der Waals surface area contributed by atoms with Crippen molar-refractivity contribution in [3.8, 4) is 0 Å². The normalized spacial score (nSPS) is 18.0. The van der Waals surface area contributed by atoms with E-state index in [1.165, 1.54) is 18.5 Å². The van der Waals surface area contributed by atoms with Crippen molar-refractivity contribution < 1.29 is 22.7 Å². The minimum Gasteiger partial charge on any atom is -0.376 e. The van der Waals surface area contributed by atoms with Crippen LogP contribution in [0, 0.1) is 0 Å². The number of amides is 1. The monoisotopic (exact) mass is 378 g/mol. The Morgan fingerprint density at radius 1 is 1.26 bits per heavy atom. The molecule has 1 aromatic heterocycles. The molecule has 142 valence electrons. The van der Waals surface area contributed by atoms with E-state index in [0.717, 1.165) is 18.6 Å². The van der Waals surface area contributed by atoms with Gasteiger partial charge in [0.15, 0.2) is 0 Å². The Morgan fingerprint density at radius 3 is 2.56 bits per heavy atom. The third-order valence-electron chi connectivity index (χ3n) is 4.96. The lowest BCUT2D eigenvalue weighted by Crippen LogP contribution is -2.72. The van der Waals surface area contributed by atoms with Crippen molar-refractivity contribution in [2.45, 2.75) is 24.7 Å². The van der Waals surface area contributed by atoms with Gasteiger partial charge in [-0.1, -0.05) is 12.1 Å². The fraction of sp³-hybridized carbons (Fsp3) is 0.389. The van der Waals surface area contributed by atoms with Gasteiger partial charge in [0.05, 0.1) is 29.9 Å². The van der Waals surface area contributed by atoms with Gasteiger partial charge in [0, 0.05) is 25.5 Å². The van der Waals surface area contributed by atoms with E-state index < -0.39 is 11.7 Å². The third kappa shape index (κ3) is 3.34. The van der Waals surface area contributed by atoms with Gasteiger partial charge in [-0.05, 0) is 24.1 Å². The van der Waals surface area contributed by atoms with Crippen molar-refractivity contribution >= 4 is 11.9 Å². The fourth-order valence-electron chi connectivity index (χ4n) is 3.22. The number of hydrogen-bond acceptors (Lipinski definition) is 5. The SMILES string of the molecule is O=C(c1cnc(NCc2cccc(C(F)(F)F)c2)nc1)N1CCC12COC2. The molecule has 2 aliphatic rings. The zero-order chi connectivity index (χ0) is 19.1. The minimum absolute atomic E-state index is 0.131. The lowest BCUT2D eigenvalue weighted by atomic mass is 9.82. The number of aromatic nitrogens is 2. The molecule has 2 saturated heterocycles. The first-order valence-corrected chi connectivity index (χ1v) is 8.49. The van der Waals surface area contributed by atoms with Crippen molar-refractivity contribution in [3.05, 3.63) is 53.3 Å². The summed E-state index contributed by atoms with van der Waals surface area (Å²) in [4.78, 5) is 22.5. The van der Waals surface area contributed by atoms with Crippen LogP contribution in [-0.4, -0.2) is 46.1 Å². The summed E-state index contributed by atoms with van der Waals surface area (Å²) in [6.45, 7) is 1.97. The summed E-state index contributed by atoms with van der Waals surface area (Å²) in [5.41, 5.74) is -0.0175. The highest BCUT2D eigenvalue weighted by Crippen LogP contribution is 2.38. The highest BCUT2D eigenvalue weighted by Gasteiger charge is 2.53. The summed E-state index contributed by atoms with van der Waals surface area (Å²) in [6.07, 6.45) is -0.588. The molecule has 27 heavy (non-hydrogen) atoms. The van der Waals surface area contributed by atoms with Crippen LogP contribution in [0.3, 0.4) is 0 Å². The standard InChI is InChI=1S/C18H17F3N4O2/c19-18(20,21)14-3-1-2-12(6-14)7-22-16-23-8-13(9-24-16)15(26)25-5-4-17(25)10-27-11-17/h1-3,6,8-9H,4-5,7,10-11H2,(H,22,23,24). The number of nitrogens with zero attached hydrogens (tertiary/aromatic N) is 3. The summed E-state index contributed by atoms with van der Waals surface area (Å²) < 4.78 is 43.5. The van der Waals surface area contributed by atoms with Crippen molar-refractivity contribution in [2.75, 3.05) is 25.1 Å². The fourth-order valence-corrected chi connectivity index (χ4v) is 3.22. The van der Waals surface area contributed by atoms with E-state index in [4.69, 9.17) is 4.74 Å². The number of carbonyl (C=O) groups is 1. The number of rotatable bonds is 4. The van der Waals surface area contributed by atoms with Gasteiger partial charge >= 0.3 is 6.18 Å². The van der Waals surface area contributed by atoms with Crippen LogP contribution in [0.25, 0.3) is 0 Å². The number of benzene rings is 1. The van der Waals surface area contributed by atoms with Gasteiger partial charge in [0.1, 0.15) is 0 Å². The second-order valence-electron chi connectivity index (χ2n) is 6.77. The number of alkyl halides is 3. The summed E-state index contributed by atoms with van der Waals surface area (Å²) >= 11 is 0. The van der Waals surface area contributed by atoms with Crippen LogP contribution >= 0.6 is 0 Å². The molecule has 4 rings (SSSR count). The number of nitrogens with one attached hydrogen (secondary N) is 1. The Bertz CT molecular complexity index is 845. The van der Waals surface area contributed by atoms with Gasteiger partial charge in [-0.3, -0.25) is 4.79 Å². The van der Waals surface area contributed by atoms with E-state index in [9.17, 15) is 18.0 Å². The molecule has 0 bridgehead atoms. The van der Waals surface area contributed by atoms with E-state index in [1.54, 1.807) is 11.0 Å². The maximum absolute atomic E-state index is 12.7. The second-order valence-corrected chi connectivity index (χ2v) is 6.77. The molecule has 1 N–H and O–H groups in total. The first-order valence-electron chi connectivity index (χ1n) is 8.49. The molecule has 0 saturated carbocycles. The molecular weight excluding hydrogens is 361 g/mol. The number of halogens is 3. The predicted molar refractivity (Wildman–Crippen MR) is 90.0 cm³/mol. The van der Waals surface area contributed by atoms with Crippen molar-refractivity contribution in [1.82, 2.24) is 14.9 Å². The molecule has 6 nitrogen and oxygen atoms in total. The molecule has 0 atom stereocenters. The molecule has 0 aliphatic carbocycles. The Labute approximate surface area is 153 Å². The van der Waals surface area contributed by atoms with Crippen molar-refractivity contribution in [1.29, 1.82) is 0 Å². The zero-order valence-electron chi connectivity index (χ0n) is 14.3. The van der Waals surface area contributed by atoms with Crippen LogP contribution in [-0.2, 0) is 17.5 Å². The van der Waals surface area contributed by atoms with Crippen LogP contribution in [0.1, 0.15) is 27.9 Å². The Morgan fingerprint density at radius 2 is 2.00 bits per heavy atom. The molecule has 2 aliphatic heterocycles. The van der Waals surface area contributed by atoms with Gasteiger partial charge in [0.25, 0.3) is 5.91 Å². The van der Waals surface area contributed by atoms with Crippen LogP contribution < -0.4 is 5.32 Å². The highest BCUT2D eigenvalue weighted by atomic mass is 19.4. The molecule has 1 amide bonds. The van der Waals surface area contributed by atoms with Crippen molar-refractivity contribution in [2.24, 2.45) is 0 Å². The average molecular weight is 378 g/mol. The second kappa shape index (κ2) is 6.49. The summed E-state index contributed by atoms with van der Waals surface area (Å²) in [5.74, 6) is 0.114. The van der Waals surface area contributed by atoms with E-state index >= 15 is 0 Å². The number of hydrogen-bond donors (Lipinski definition) is 1. The smallest absolute Gasteiger partial charge is 0.376 e. The van der Waals surface area contributed by atoms with E-state index in [-0.39, 0.29) is 23.9 Å². The van der Waals surface area contributed by atoms with E-state index in [1.807, 2.05) is 0 Å². The molecule has 3 heterocycles. The minimum atomic E-state index is -4.38. The first-order chi connectivity index (χ1) is 12.9. The van der Waals surface area contributed by atoms with Gasteiger partial charge in [-0.2, -0.15) is 13.2 Å². The molecule has 2 fully saturated rings. The lowest BCUT2D eigenvalue weighted by Gasteiger charge is -2.57. The summed E-state index contributed by atoms with van der Waals surface area (Å²) in [5, 5.41) is 2.87. The van der Waals surface area contributed by atoms with Crippen molar-refractivity contribution in [3.63, 3.8) is 0 Å². The molecule has 2 aromatic rings. The highest BCUT2D eigenvalue weighted by molar-refractivity contribution is 5.95. The molecule has 9 heteroatoms. The van der Waals surface area contributed by atoms with Crippen LogP contribution in [0.4, 0.5) is 19.1 Å². The average Bonchev–Trinajstić information content (AvgIpc) is 2.58. The Kier molecular flexibility index (Phi) is 4.26. The number of likely N-dealkylation sites (tertiary alicyclic amines) is 1. The molecule has 1 aromatic carbocycles. The quantitative estimate of drug-likeness (QED) is 0.886. The largest absolute Gasteiger partial charge is 0.416 e. The summed E-state index contributed by atoms with van der Waals surface area (Å²) in [7, 11) is 0. The van der Waals surface area contributed by atoms with E-state index in [0.29, 0.717) is 30.9 Å². The van der Waals surface area contributed by atoms with Crippen LogP contribution in [0.15, 0.2) is 36.7 Å². The first kappa shape index (κ1) is 17.7. The zero-order valence-corrected chi connectivity index (χ0v) is 14.3. The Hall–Kier alpha value is -2.68. The number of carbonyl (C=O) groups excluding carboxylic acids is 1. The van der Waals surface area contributed by atoms with Crippen LogP contribution in [0.5, 0.6) is 0 Å². The number of ether oxygens (including phenoxy) is 1. The molecule has 0 unspecified atom stereocenters. The van der Waals surface area contributed by atoms with Crippen LogP contribution in [0.2, 0.25) is 0 Å². The topological polar surface area (TPSA) is 67.4 Å². The number of anilines is 1. The van der Waals surface area contributed by atoms with Gasteiger partial charge in [-0.25, -0.2) is 9.97 Å². The molecule has 0 radical (unpaired) electrons. The lowest BCUT2D eigenvalue weighted by molar-refractivity contribution is -0.172. The maximum Gasteiger partial charge on any atom is 0.416 e. The predicted octanol–water partition coefficient (Wildman–Crippen LogP) is 2.72. The maximum atomic E-state index is 12.7. The van der Waals surface area contributed by atoms with Gasteiger partial charge in [0.2, 0.25) is 5.95 Å². The molecular formula is C18H17F3N4O2. The molecule has 1 spiro atoms. The van der Waals surface area contributed by atoms with Gasteiger partial charge < -0.3 is 15.0 Å².